The number of hydrogen-bond donors (Lipinski definition) is 2. The number of likely N-dealkylation sites (tertiary alicyclic amines) is 1. The van der Waals surface area contributed by atoms with Gasteiger partial charge in [0.15, 0.2) is 11.5 Å². The van der Waals surface area contributed by atoms with Crippen molar-refractivity contribution in [3.8, 4) is 11.5 Å². The molecular formula is C20H25N3O6. The van der Waals surface area contributed by atoms with E-state index in [-0.39, 0.29) is 37.7 Å². The van der Waals surface area contributed by atoms with E-state index in [1.165, 1.54) is 4.90 Å². The van der Waals surface area contributed by atoms with Crippen molar-refractivity contribution in [2.45, 2.75) is 38.5 Å². The summed E-state index contributed by atoms with van der Waals surface area (Å²) in [6.07, 6.45) is -0.557. The molecule has 2 amide bonds. The van der Waals surface area contributed by atoms with Crippen molar-refractivity contribution >= 4 is 11.8 Å². The number of rotatable bonds is 7. The van der Waals surface area contributed by atoms with Crippen molar-refractivity contribution in [2.24, 2.45) is 0 Å². The third-order valence-corrected chi connectivity index (χ3v) is 4.82. The average Bonchev–Trinajstić information content (AvgIpc) is 3.31. The number of nitrogens with zero attached hydrogens (tertiary/aromatic N) is 2. The summed E-state index contributed by atoms with van der Waals surface area (Å²) in [6, 6.07) is 6.30. The molecule has 0 bridgehead atoms. The van der Waals surface area contributed by atoms with Gasteiger partial charge in [-0.3, -0.25) is 9.59 Å². The molecule has 2 aromatic rings. The van der Waals surface area contributed by atoms with E-state index in [0.717, 1.165) is 5.56 Å². The molecule has 9 heteroatoms. The van der Waals surface area contributed by atoms with E-state index in [0.29, 0.717) is 23.0 Å². The molecule has 9 nitrogen and oxygen atoms in total. The van der Waals surface area contributed by atoms with Gasteiger partial charge in [0.05, 0.1) is 32.4 Å². The van der Waals surface area contributed by atoms with Crippen LogP contribution in [0, 0.1) is 6.92 Å². The molecule has 0 spiro atoms. The lowest BCUT2D eigenvalue weighted by molar-refractivity contribution is -0.138. The number of aryl methyl sites for hydroxylation is 1. The first kappa shape index (κ1) is 20.7. The standard InChI is InChI=1S/C20H25N3O6/c1-12-6-15(29-22-12)9-19(25)23-11-14(24)8-16(23)20(26)21-10-13-4-5-17(27-2)18(7-13)28-3/h4-7,14,16,24H,8-11H2,1-3H3,(H,21,26)/t14-,16+/m1/s1. The maximum absolute atomic E-state index is 12.7. The van der Waals surface area contributed by atoms with Crippen LogP contribution in [0.5, 0.6) is 11.5 Å². The number of benzene rings is 1. The first-order valence-corrected chi connectivity index (χ1v) is 9.29. The van der Waals surface area contributed by atoms with Crippen molar-refractivity contribution in [2.75, 3.05) is 20.8 Å². The lowest BCUT2D eigenvalue weighted by atomic mass is 10.1. The summed E-state index contributed by atoms with van der Waals surface area (Å²) in [4.78, 5) is 26.7. The number of ether oxygens (including phenoxy) is 2. The fourth-order valence-electron chi connectivity index (χ4n) is 3.39. The van der Waals surface area contributed by atoms with Crippen LogP contribution in [-0.2, 0) is 22.6 Å². The third kappa shape index (κ3) is 4.86. The number of nitrogens with one attached hydrogen (secondary N) is 1. The summed E-state index contributed by atoms with van der Waals surface area (Å²) in [6.45, 7) is 2.14. The molecule has 3 rings (SSSR count). The van der Waals surface area contributed by atoms with Crippen LogP contribution in [0.15, 0.2) is 28.8 Å². The summed E-state index contributed by atoms with van der Waals surface area (Å²) in [5.41, 5.74) is 1.50. The Morgan fingerprint density at radius 1 is 1.28 bits per heavy atom. The monoisotopic (exact) mass is 403 g/mol. The van der Waals surface area contributed by atoms with Gasteiger partial charge in [0.1, 0.15) is 11.8 Å². The summed E-state index contributed by atoms with van der Waals surface area (Å²) < 4.78 is 15.6. The minimum absolute atomic E-state index is 0.00693. The predicted octanol–water partition coefficient (Wildman–Crippen LogP) is 0.821. The van der Waals surface area contributed by atoms with Gasteiger partial charge in [0.25, 0.3) is 0 Å². The topological polar surface area (TPSA) is 114 Å². The van der Waals surface area contributed by atoms with Crippen LogP contribution in [0.25, 0.3) is 0 Å². The molecule has 1 aromatic carbocycles. The van der Waals surface area contributed by atoms with Crippen molar-refractivity contribution in [3.63, 3.8) is 0 Å². The zero-order valence-corrected chi connectivity index (χ0v) is 16.7. The second kappa shape index (κ2) is 8.95. The summed E-state index contributed by atoms with van der Waals surface area (Å²) in [7, 11) is 3.09. The van der Waals surface area contributed by atoms with E-state index in [9.17, 15) is 14.7 Å². The van der Waals surface area contributed by atoms with E-state index in [1.54, 1.807) is 39.3 Å². The van der Waals surface area contributed by atoms with E-state index < -0.39 is 12.1 Å². The highest BCUT2D eigenvalue weighted by Gasteiger charge is 2.38. The van der Waals surface area contributed by atoms with E-state index in [2.05, 4.69) is 10.5 Å². The Labute approximate surface area is 168 Å². The molecule has 0 radical (unpaired) electrons. The molecule has 1 aromatic heterocycles. The van der Waals surface area contributed by atoms with Crippen LogP contribution in [-0.4, -0.2) is 59.9 Å². The number of β-amino-alcohol motifs (C(OH)–C–C–N with tert-alkyl or cyclic N) is 1. The average molecular weight is 403 g/mol. The smallest absolute Gasteiger partial charge is 0.243 e. The van der Waals surface area contributed by atoms with Gasteiger partial charge < -0.3 is 29.3 Å². The zero-order valence-electron chi connectivity index (χ0n) is 16.7. The molecule has 156 valence electrons. The Bertz CT molecular complexity index is 881. The van der Waals surface area contributed by atoms with Crippen molar-refractivity contribution in [1.29, 1.82) is 0 Å². The van der Waals surface area contributed by atoms with Crippen LogP contribution < -0.4 is 14.8 Å². The predicted molar refractivity (Wildman–Crippen MR) is 102 cm³/mol. The van der Waals surface area contributed by atoms with E-state index >= 15 is 0 Å². The Kier molecular flexibility index (Phi) is 6.38. The number of hydrogen-bond acceptors (Lipinski definition) is 7. The number of carbonyl (C=O) groups excluding carboxylic acids is 2. The largest absolute Gasteiger partial charge is 0.493 e. The second-order valence-electron chi connectivity index (χ2n) is 6.97. The number of carbonyl (C=O) groups is 2. The Morgan fingerprint density at radius 3 is 2.69 bits per heavy atom. The summed E-state index contributed by atoms with van der Waals surface area (Å²) in [5.74, 6) is 0.983. The van der Waals surface area contributed by atoms with Crippen LogP contribution in [0.3, 0.4) is 0 Å². The molecule has 0 saturated carbocycles. The maximum Gasteiger partial charge on any atom is 0.243 e. The van der Waals surface area contributed by atoms with Gasteiger partial charge >= 0.3 is 0 Å². The molecule has 2 N–H and O–H groups in total. The van der Waals surface area contributed by atoms with Crippen LogP contribution in [0.1, 0.15) is 23.4 Å². The number of amides is 2. The fourth-order valence-corrected chi connectivity index (χ4v) is 3.39. The third-order valence-electron chi connectivity index (χ3n) is 4.82. The van der Waals surface area contributed by atoms with Crippen molar-refractivity contribution in [3.05, 3.63) is 41.3 Å². The molecule has 1 aliphatic heterocycles. The molecular weight excluding hydrogens is 378 g/mol. The summed E-state index contributed by atoms with van der Waals surface area (Å²) in [5, 5.41) is 16.6. The maximum atomic E-state index is 12.7. The minimum atomic E-state index is -0.743. The van der Waals surface area contributed by atoms with Crippen molar-refractivity contribution < 1.29 is 28.7 Å². The number of methoxy groups -OCH3 is 2. The van der Waals surface area contributed by atoms with Crippen LogP contribution in [0.2, 0.25) is 0 Å². The Morgan fingerprint density at radius 2 is 2.03 bits per heavy atom. The second-order valence-corrected chi connectivity index (χ2v) is 6.97. The molecule has 29 heavy (non-hydrogen) atoms. The summed E-state index contributed by atoms with van der Waals surface area (Å²) >= 11 is 0. The fraction of sp³-hybridized carbons (Fsp3) is 0.450. The van der Waals surface area contributed by atoms with Gasteiger partial charge in [-0.2, -0.15) is 0 Å². The molecule has 1 fully saturated rings. The van der Waals surface area contributed by atoms with Gasteiger partial charge in [0.2, 0.25) is 11.8 Å². The Balaban J connectivity index is 1.63. The molecule has 1 saturated heterocycles. The zero-order chi connectivity index (χ0) is 21.0. The van der Waals surface area contributed by atoms with Gasteiger partial charge in [-0.15, -0.1) is 0 Å². The van der Waals surface area contributed by atoms with E-state index in [1.807, 2.05) is 6.07 Å². The van der Waals surface area contributed by atoms with Gasteiger partial charge in [0, 0.05) is 25.6 Å². The van der Waals surface area contributed by atoms with Gasteiger partial charge in [-0.25, -0.2) is 0 Å². The quantitative estimate of drug-likeness (QED) is 0.703. The lowest BCUT2D eigenvalue weighted by Crippen LogP contribution is -2.46. The van der Waals surface area contributed by atoms with E-state index in [4.69, 9.17) is 14.0 Å². The molecule has 1 aliphatic rings. The molecule has 0 unspecified atom stereocenters. The number of aliphatic hydroxyl groups is 1. The molecule has 2 atom stereocenters. The van der Waals surface area contributed by atoms with Gasteiger partial charge in [-0.05, 0) is 24.6 Å². The molecule has 0 aliphatic carbocycles. The SMILES string of the molecule is COc1ccc(CNC(=O)[C@@H]2C[C@@H](O)CN2C(=O)Cc2cc(C)no2)cc1OC. The van der Waals surface area contributed by atoms with Crippen LogP contribution in [0.4, 0.5) is 0 Å². The van der Waals surface area contributed by atoms with Crippen LogP contribution >= 0.6 is 0 Å². The first-order valence-electron chi connectivity index (χ1n) is 9.29. The molecule has 2 heterocycles. The Hall–Kier alpha value is -3.07. The lowest BCUT2D eigenvalue weighted by Gasteiger charge is -2.23. The van der Waals surface area contributed by atoms with Crippen molar-refractivity contribution in [1.82, 2.24) is 15.4 Å². The number of aliphatic hydroxyl groups excluding tert-OH is 1. The highest BCUT2D eigenvalue weighted by molar-refractivity contribution is 5.89. The minimum Gasteiger partial charge on any atom is -0.493 e. The number of aromatic nitrogens is 1. The highest BCUT2D eigenvalue weighted by atomic mass is 16.5. The van der Waals surface area contributed by atoms with Gasteiger partial charge in [-0.1, -0.05) is 11.2 Å². The highest BCUT2D eigenvalue weighted by Crippen LogP contribution is 2.27. The first-order chi connectivity index (χ1) is 13.9. The normalized spacial score (nSPS) is 18.6.